The number of benzene rings is 1. The van der Waals surface area contributed by atoms with Crippen LogP contribution < -0.4 is 10.9 Å². The number of nitrogens with one attached hydrogen (secondary N) is 1. The third-order valence-corrected chi connectivity index (χ3v) is 3.84. The lowest BCUT2D eigenvalue weighted by Crippen LogP contribution is -2.33. The Morgan fingerprint density at radius 2 is 1.92 bits per heavy atom. The highest BCUT2D eigenvalue weighted by molar-refractivity contribution is 5.82. The van der Waals surface area contributed by atoms with E-state index in [2.05, 4.69) is 15.6 Å². The van der Waals surface area contributed by atoms with Gasteiger partial charge in [-0.3, -0.25) is 9.59 Å². The van der Waals surface area contributed by atoms with Gasteiger partial charge < -0.3 is 9.84 Å². The van der Waals surface area contributed by atoms with Crippen LogP contribution in [0.25, 0.3) is 10.9 Å². The fraction of sp³-hybridized carbons (Fsp3) is 0.294. The normalized spacial score (nSPS) is 11.0. The summed E-state index contributed by atoms with van der Waals surface area (Å²) in [4.78, 5) is 24.4. The van der Waals surface area contributed by atoms with Crippen molar-refractivity contribution in [2.24, 2.45) is 0 Å². The van der Waals surface area contributed by atoms with E-state index in [1.807, 2.05) is 31.2 Å². The highest BCUT2D eigenvalue weighted by Gasteiger charge is 2.16. The predicted octanol–water partition coefficient (Wildman–Crippen LogP) is 1.63. The van der Waals surface area contributed by atoms with Gasteiger partial charge >= 0.3 is 0 Å². The van der Waals surface area contributed by atoms with Crippen LogP contribution in [-0.4, -0.2) is 20.8 Å². The van der Waals surface area contributed by atoms with Gasteiger partial charge in [0.1, 0.15) is 12.3 Å². The molecule has 2 aromatic heterocycles. The first kappa shape index (κ1) is 15.9. The summed E-state index contributed by atoms with van der Waals surface area (Å²) in [6, 6.07) is 7.87. The number of nitrogens with zero attached hydrogens (tertiary/aromatic N) is 3. The molecule has 24 heavy (non-hydrogen) atoms. The van der Waals surface area contributed by atoms with Crippen LogP contribution in [0.4, 0.5) is 0 Å². The summed E-state index contributed by atoms with van der Waals surface area (Å²) >= 11 is 0. The fourth-order valence-corrected chi connectivity index (χ4v) is 2.55. The molecular weight excluding hydrogens is 308 g/mol. The second kappa shape index (κ2) is 6.27. The third-order valence-electron chi connectivity index (χ3n) is 3.84. The summed E-state index contributed by atoms with van der Waals surface area (Å²) in [5, 5.41) is 11.3. The van der Waals surface area contributed by atoms with E-state index in [1.165, 1.54) is 0 Å². The summed E-state index contributed by atoms with van der Waals surface area (Å²) in [5.74, 6) is 0.257. The largest absolute Gasteiger partial charge is 0.360 e. The molecule has 3 aromatic rings. The van der Waals surface area contributed by atoms with Crippen molar-refractivity contribution < 1.29 is 9.32 Å². The van der Waals surface area contributed by atoms with E-state index in [0.29, 0.717) is 23.4 Å². The standard InChI is InChI=1S/C17H18N4O3/c1-10-4-6-13(7-5-10)8-18-14(22)9-21-17(23)16-15(11(2)19-21)12(3)24-20-16/h4-7H,8-9H2,1-3H3,(H,18,22). The summed E-state index contributed by atoms with van der Waals surface area (Å²) in [6.45, 7) is 5.73. The number of carbonyl (C=O) groups is 1. The Balaban J connectivity index is 1.75. The van der Waals surface area contributed by atoms with Crippen LogP contribution >= 0.6 is 0 Å². The van der Waals surface area contributed by atoms with Gasteiger partial charge in [0, 0.05) is 6.54 Å². The summed E-state index contributed by atoms with van der Waals surface area (Å²) in [7, 11) is 0. The Hall–Kier alpha value is -2.96. The van der Waals surface area contributed by atoms with Crippen molar-refractivity contribution in [1.82, 2.24) is 20.3 Å². The van der Waals surface area contributed by atoms with Crippen molar-refractivity contribution in [3.05, 3.63) is 57.2 Å². The van der Waals surface area contributed by atoms with Gasteiger partial charge in [-0.1, -0.05) is 35.0 Å². The van der Waals surface area contributed by atoms with Gasteiger partial charge in [0.15, 0.2) is 5.52 Å². The monoisotopic (exact) mass is 326 g/mol. The van der Waals surface area contributed by atoms with E-state index in [1.54, 1.807) is 13.8 Å². The highest BCUT2D eigenvalue weighted by atomic mass is 16.5. The molecule has 0 atom stereocenters. The summed E-state index contributed by atoms with van der Waals surface area (Å²) in [6.07, 6.45) is 0. The lowest BCUT2D eigenvalue weighted by molar-refractivity contribution is -0.122. The van der Waals surface area contributed by atoms with Gasteiger partial charge in [0.2, 0.25) is 5.91 Å². The van der Waals surface area contributed by atoms with Crippen molar-refractivity contribution in [3.63, 3.8) is 0 Å². The predicted molar refractivity (Wildman–Crippen MR) is 88.6 cm³/mol. The molecule has 7 heteroatoms. The molecule has 0 spiro atoms. The van der Waals surface area contributed by atoms with Crippen LogP contribution in [0.5, 0.6) is 0 Å². The van der Waals surface area contributed by atoms with E-state index in [0.717, 1.165) is 15.8 Å². The molecule has 7 nitrogen and oxygen atoms in total. The van der Waals surface area contributed by atoms with E-state index >= 15 is 0 Å². The van der Waals surface area contributed by atoms with Crippen LogP contribution in [-0.2, 0) is 17.9 Å². The van der Waals surface area contributed by atoms with E-state index in [9.17, 15) is 9.59 Å². The number of fused-ring (bicyclic) bond motifs is 1. The minimum absolute atomic E-state index is 0.159. The van der Waals surface area contributed by atoms with Gasteiger partial charge in [-0.05, 0) is 26.3 Å². The SMILES string of the molecule is Cc1ccc(CNC(=O)Cn2nc(C)c3c(C)onc3c2=O)cc1. The lowest BCUT2D eigenvalue weighted by Gasteiger charge is -2.08. The smallest absolute Gasteiger partial charge is 0.297 e. The molecule has 0 fully saturated rings. The average molecular weight is 326 g/mol. The zero-order valence-corrected chi connectivity index (χ0v) is 13.8. The maximum Gasteiger partial charge on any atom is 0.297 e. The number of rotatable bonds is 4. The topological polar surface area (TPSA) is 90.0 Å². The number of amides is 1. The van der Waals surface area contributed by atoms with Crippen molar-refractivity contribution in [3.8, 4) is 0 Å². The van der Waals surface area contributed by atoms with Gasteiger partial charge in [-0.15, -0.1) is 0 Å². The molecule has 0 bridgehead atoms. The first-order valence-corrected chi connectivity index (χ1v) is 7.61. The molecule has 124 valence electrons. The molecule has 3 rings (SSSR count). The number of hydrogen-bond donors (Lipinski definition) is 1. The zero-order chi connectivity index (χ0) is 17.3. The Kier molecular flexibility index (Phi) is 4.16. The number of carbonyl (C=O) groups excluding carboxylic acids is 1. The lowest BCUT2D eigenvalue weighted by atomic mass is 10.1. The van der Waals surface area contributed by atoms with Crippen LogP contribution in [0.2, 0.25) is 0 Å². The second-order valence-electron chi connectivity index (χ2n) is 5.77. The quantitative estimate of drug-likeness (QED) is 0.787. The molecule has 0 saturated heterocycles. The van der Waals surface area contributed by atoms with Crippen LogP contribution in [0.3, 0.4) is 0 Å². The molecule has 0 radical (unpaired) electrons. The average Bonchev–Trinajstić information content (AvgIpc) is 2.94. The molecule has 1 amide bonds. The molecule has 0 saturated carbocycles. The molecule has 0 aliphatic rings. The van der Waals surface area contributed by atoms with Crippen LogP contribution in [0.15, 0.2) is 33.6 Å². The van der Waals surface area contributed by atoms with Crippen LogP contribution in [0.1, 0.15) is 22.6 Å². The summed E-state index contributed by atoms with van der Waals surface area (Å²) < 4.78 is 6.16. The van der Waals surface area contributed by atoms with Gasteiger partial charge in [0.25, 0.3) is 5.56 Å². The van der Waals surface area contributed by atoms with E-state index < -0.39 is 5.56 Å². The van der Waals surface area contributed by atoms with Crippen molar-refractivity contribution in [1.29, 1.82) is 0 Å². The van der Waals surface area contributed by atoms with Crippen molar-refractivity contribution in [2.75, 3.05) is 0 Å². The highest BCUT2D eigenvalue weighted by Crippen LogP contribution is 2.16. The maximum absolute atomic E-state index is 12.3. The molecule has 2 heterocycles. The Morgan fingerprint density at radius 3 is 2.62 bits per heavy atom. The molecule has 0 aliphatic carbocycles. The van der Waals surface area contributed by atoms with Crippen molar-refractivity contribution >= 4 is 16.8 Å². The summed E-state index contributed by atoms with van der Waals surface area (Å²) in [5.41, 5.74) is 2.53. The zero-order valence-electron chi connectivity index (χ0n) is 13.8. The minimum atomic E-state index is -0.432. The minimum Gasteiger partial charge on any atom is -0.360 e. The van der Waals surface area contributed by atoms with Gasteiger partial charge in [0.05, 0.1) is 11.1 Å². The van der Waals surface area contributed by atoms with E-state index in [4.69, 9.17) is 4.52 Å². The molecule has 1 N–H and O–H groups in total. The molecule has 0 aliphatic heterocycles. The first-order chi connectivity index (χ1) is 11.5. The van der Waals surface area contributed by atoms with Gasteiger partial charge in [-0.2, -0.15) is 5.10 Å². The number of aromatic nitrogens is 3. The Bertz CT molecular complexity index is 954. The Morgan fingerprint density at radius 1 is 1.21 bits per heavy atom. The van der Waals surface area contributed by atoms with Crippen molar-refractivity contribution in [2.45, 2.75) is 33.9 Å². The van der Waals surface area contributed by atoms with E-state index in [-0.39, 0.29) is 18.0 Å². The van der Waals surface area contributed by atoms with Gasteiger partial charge in [-0.25, -0.2) is 4.68 Å². The first-order valence-electron chi connectivity index (χ1n) is 7.61. The maximum atomic E-state index is 12.3. The molecule has 1 aromatic carbocycles. The fourth-order valence-electron chi connectivity index (χ4n) is 2.55. The molecular formula is C17H18N4O3. The Labute approximate surface area is 138 Å². The third kappa shape index (κ3) is 3.05. The number of aryl methyl sites for hydroxylation is 3. The number of hydrogen-bond acceptors (Lipinski definition) is 5. The second-order valence-corrected chi connectivity index (χ2v) is 5.77. The molecule has 0 unspecified atom stereocenters. The van der Waals surface area contributed by atoms with Crippen LogP contribution in [0, 0.1) is 20.8 Å².